The van der Waals surface area contributed by atoms with Crippen LogP contribution in [0.4, 0.5) is 0 Å². The van der Waals surface area contributed by atoms with Crippen LogP contribution in [0.5, 0.6) is 5.75 Å². The van der Waals surface area contributed by atoms with Crippen LogP contribution < -0.4 is 15.4 Å². The topological polar surface area (TPSA) is 75.6 Å². The van der Waals surface area contributed by atoms with E-state index >= 15 is 0 Å². The van der Waals surface area contributed by atoms with Gasteiger partial charge in [-0.15, -0.1) is 0 Å². The van der Waals surface area contributed by atoms with Gasteiger partial charge in [-0.2, -0.15) is 0 Å². The van der Waals surface area contributed by atoms with Crippen LogP contribution >= 0.6 is 0 Å². The second kappa shape index (κ2) is 7.37. The fraction of sp³-hybridized carbons (Fsp3) is 0.474. The van der Waals surface area contributed by atoms with E-state index in [9.17, 15) is 9.59 Å². The molecule has 0 bridgehead atoms. The van der Waals surface area contributed by atoms with Crippen molar-refractivity contribution < 1.29 is 14.3 Å². The number of nitrogens with one attached hydrogen (secondary N) is 2. The summed E-state index contributed by atoms with van der Waals surface area (Å²) in [6, 6.07) is 7.95. The van der Waals surface area contributed by atoms with E-state index in [1.54, 1.807) is 7.11 Å². The van der Waals surface area contributed by atoms with Gasteiger partial charge in [-0.3, -0.25) is 14.5 Å². The van der Waals surface area contributed by atoms with Crippen molar-refractivity contribution in [3.8, 4) is 5.75 Å². The van der Waals surface area contributed by atoms with Crippen molar-refractivity contribution in [1.29, 1.82) is 0 Å². The summed E-state index contributed by atoms with van der Waals surface area (Å²) in [5.74, 6) is 0.738. The zero-order valence-corrected chi connectivity index (χ0v) is 15.5. The average Bonchev–Trinajstić information content (AvgIpc) is 3.02. The van der Waals surface area contributed by atoms with Crippen LogP contribution in [-0.2, 0) is 16.1 Å². The molecular formula is C19H26N4O3. The smallest absolute Gasteiger partial charge is 0.240 e. The number of nitrogens with zero attached hydrogens (tertiary/aromatic N) is 2. The molecule has 0 saturated carbocycles. The number of aromatic nitrogens is 1. The normalized spacial score (nSPS) is 17.1. The number of carbonyl (C=O) groups is 2. The molecule has 26 heavy (non-hydrogen) atoms. The summed E-state index contributed by atoms with van der Waals surface area (Å²) in [7, 11) is 1.66. The number of benzene rings is 1. The van der Waals surface area contributed by atoms with Crippen LogP contribution in [0.2, 0.25) is 0 Å². The van der Waals surface area contributed by atoms with E-state index in [2.05, 4.69) is 15.2 Å². The third kappa shape index (κ3) is 3.53. The predicted molar refractivity (Wildman–Crippen MR) is 100 cm³/mol. The molecule has 1 aromatic heterocycles. The van der Waals surface area contributed by atoms with Crippen LogP contribution in [0.15, 0.2) is 30.5 Å². The number of methoxy groups -OCH3 is 1. The Balaban J connectivity index is 1.55. The zero-order chi connectivity index (χ0) is 18.7. The first kappa shape index (κ1) is 18.3. The van der Waals surface area contributed by atoms with Crippen molar-refractivity contribution in [2.24, 2.45) is 0 Å². The first-order chi connectivity index (χ1) is 12.4. The molecule has 2 aromatic rings. The molecule has 7 nitrogen and oxygen atoms in total. The van der Waals surface area contributed by atoms with Crippen molar-refractivity contribution in [2.45, 2.75) is 25.9 Å². The minimum absolute atomic E-state index is 0.0377. The molecule has 0 aliphatic carbocycles. The highest BCUT2D eigenvalue weighted by Crippen LogP contribution is 2.26. The van der Waals surface area contributed by atoms with E-state index in [-0.39, 0.29) is 18.4 Å². The van der Waals surface area contributed by atoms with Gasteiger partial charge < -0.3 is 19.9 Å². The Morgan fingerprint density at radius 1 is 1.35 bits per heavy atom. The summed E-state index contributed by atoms with van der Waals surface area (Å²) in [5, 5.41) is 6.85. The quantitative estimate of drug-likeness (QED) is 0.807. The van der Waals surface area contributed by atoms with Gasteiger partial charge in [0.1, 0.15) is 5.75 Å². The molecular weight excluding hydrogens is 332 g/mol. The largest absolute Gasteiger partial charge is 0.496 e. The Labute approximate surface area is 153 Å². The number of amides is 2. The summed E-state index contributed by atoms with van der Waals surface area (Å²) in [6.07, 6.45) is 2.00. The molecule has 1 fully saturated rings. The van der Waals surface area contributed by atoms with Gasteiger partial charge in [0.15, 0.2) is 0 Å². The van der Waals surface area contributed by atoms with Crippen molar-refractivity contribution in [3.63, 3.8) is 0 Å². The lowest BCUT2D eigenvalue weighted by Gasteiger charge is -2.40. The van der Waals surface area contributed by atoms with Crippen molar-refractivity contribution in [1.82, 2.24) is 20.1 Å². The Kier molecular flexibility index (Phi) is 5.18. The number of carbonyl (C=O) groups excluding carboxylic acids is 2. The monoisotopic (exact) mass is 358 g/mol. The molecule has 0 atom stereocenters. The first-order valence-electron chi connectivity index (χ1n) is 8.85. The molecule has 2 N–H and O–H groups in total. The summed E-state index contributed by atoms with van der Waals surface area (Å²) in [6.45, 7) is 6.36. The maximum atomic E-state index is 12.3. The van der Waals surface area contributed by atoms with E-state index in [4.69, 9.17) is 4.74 Å². The van der Waals surface area contributed by atoms with Gasteiger partial charge in [0.2, 0.25) is 11.8 Å². The molecule has 3 rings (SSSR count). The van der Waals surface area contributed by atoms with E-state index < -0.39 is 5.54 Å². The Bertz CT molecular complexity index is 812. The maximum Gasteiger partial charge on any atom is 0.240 e. The molecule has 1 aliphatic heterocycles. The lowest BCUT2D eigenvalue weighted by Crippen LogP contribution is -2.63. The molecule has 2 heterocycles. The molecule has 7 heteroatoms. The standard InChI is InChI=1S/C19H26N4O3/c1-19(2)18(25)21-9-12-23(19)13-17(24)20-8-11-22-10-7-14-15(22)5-4-6-16(14)26-3/h4-7,10H,8-9,11-13H2,1-3H3,(H,20,24)(H,21,25). The van der Waals surface area contributed by atoms with Gasteiger partial charge in [0, 0.05) is 37.8 Å². The minimum Gasteiger partial charge on any atom is -0.496 e. The van der Waals surface area contributed by atoms with Gasteiger partial charge >= 0.3 is 0 Å². The molecule has 1 aliphatic rings. The summed E-state index contributed by atoms with van der Waals surface area (Å²) < 4.78 is 7.47. The van der Waals surface area contributed by atoms with Crippen LogP contribution in [0.1, 0.15) is 13.8 Å². The van der Waals surface area contributed by atoms with Crippen LogP contribution in [0.25, 0.3) is 10.9 Å². The number of piperazine rings is 1. The number of hydrogen-bond donors (Lipinski definition) is 2. The molecule has 0 spiro atoms. The second-order valence-corrected chi connectivity index (χ2v) is 6.99. The molecule has 2 amide bonds. The lowest BCUT2D eigenvalue weighted by molar-refractivity contribution is -0.137. The average molecular weight is 358 g/mol. The van der Waals surface area contributed by atoms with E-state index in [0.29, 0.717) is 26.2 Å². The third-order valence-corrected chi connectivity index (χ3v) is 5.02. The van der Waals surface area contributed by atoms with E-state index in [1.807, 2.05) is 49.2 Å². The van der Waals surface area contributed by atoms with Crippen LogP contribution in [-0.4, -0.2) is 60.1 Å². The number of ether oxygens (including phenoxy) is 1. The zero-order valence-electron chi connectivity index (χ0n) is 15.5. The van der Waals surface area contributed by atoms with Gasteiger partial charge in [-0.05, 0) is 32.0 Å². The summed E-state index contributed by atoms with van der Waals surface area (Å²) in [4.78, 5) is 26.2. The summed E-state index contributed by atoms with van der Waals surface area (Å²) in [5.41, 5.74) is 0.412. The van der Waals surface area contributed by atoms with Crippen molar-refractivity contribution in [2.75, 3.05) is 33.3 Å². The van der Waals surface area contributed by atoms with Crippen LogP contribution in [0, 0.1) is 0 Å². The van der Waals surface area contributed by atoms with Gasteiger partial charge in [0.05, 0.1) is 24.7 Å². The molecule has 1 saturated heterocycles. The van der Waals surface area contributed by atoms with Crippen molar-refractivity contribution in [3.05, 3.63) is 30.5 Å². The molecule has 140 valence electrons. The molecule has 1 aromatic carbocycles. The fourth-order valence-electron chi connectivity index (χ4n) is 3.33. The Morgan fingerprint density at radius 2 is 2.15 bits per heavy atom. The first-order valence-corrected chi connectivity index (χ1v) is 8.85. The highest BCUT2D eigenvalue weighted by molar-refractivity contribution is 5.88. The maximum absolute atomic E-state index is 12.3. The fourth-order valence-corrected chi connectivity index (χ4v) is 3.33. The van der Waals surface area contributed by atoms with Crippen molar-refractivity contribution >= 4 is 22.7 Å². The highest BCUT2D eigenvalue weighted by atomic mass is 16.5. The molecule has 0 unspecified atom stereocenters. The van der Waals surface area contributed by atoms with Gasteiger partial charge in [-0.1, -0.05) is 6.07 Å². The minimum atomic E-state index is -0.664. The number of rotatable bonds is 6. The SMILES string of the molecule is COc1cccc2c1ccn2CCNC(=O)CN1CCNC(=O)C1(C)C. The Hall–Kier alpha value is -2.54. The lowest BCUT2D eigenvalue weighted by atomic mass is 9.99. The molecule has 0 radical (unpaired) electrons. The Morgan fingerprint density at radius 3 is 2.92 bits per heavy atom. The van der Waals surface area contributed by atoms with E-state index in [1.165, 1.54) is 0 Å². The van der Waals surface area contributed by atoms with Gasteiger partial charge in [0.25, 0.3) is 0 Å². The number of hydrogen-bond acceptors (Lipinski definition) is 4. The van der Waals surface area contributed by atoms with Gasteiger partial charge in [-0.25, -0.2) is 0 Å². The van der Waals surface area contributed by atoms with E-state index in [0.717, 1.165) is 16.7 Å². The predicted octanol–water partition coefficient (Wildman–Crippen LogP) is 0.976. The van der Waals surface area contributed by atoms with Crippen LogP contribution in [0.3, 0.4) is 0 Å². The summed E-state index contributed by atoms with van der Waals surface area (Å²) >= 11 is 0. The number of fused-ring (bicyclic) bond motifs is 1. The second-order valence-electron chi connectivity index (χ2n) is 6.99. The highest BCUT2D eigenvalue weighted by Gasteiger charge is 2.38. The third-order valence-electron chi connectivity index (χ3n) is 5.02.